The molecule has 0 saturated carbocycles. The van der Waals surface area contributed by atoms with Gasteiger partial charge >= 0.3 is 0 Å². The first-order valence-electron chi connectivity index (χ1n) is 6.82. The van der Waals surface area contributed by atoms with Crippen LogP contribution < -0.4 is 4.72 Å². The summed E-state index contributed by atoms with van der Waals surface area (Å²) < 4.78 is 38.2. The van der Waals surface area contributed by atoms with Crippen LogP contribution in [0.3, 0.4) is 0 Å². The fourth-order valence-corrected chi connectivity index (χ4v) is 3.97. The average Bonchev–Trinajstić information content (AvgIpc) is 3.02. The van der Waals surface area contributed by atoms with Gasteiger partial charge in [0.05, 0.1) is 6.04 Å². The Morgan fingerprint density at radius 3 is 2.59 bits per heavy atom. The third kappa shape index (κ3) is 2.53. The zero-order valence-electron chi connectivity index (χ0n) is 12.5. The Hall–Kier alpha value is -2.12. The van der Waals surface area contributed by atoms with Crippen molar-refractivity contribution in [2.24, 2.45) is 0 Å². The molecule has 0 spiro atoms. The maximum absolute atomic E-state index is 12.5. The van der Waals surface area contributed by atoms with E-state index in [4.69, 9.17) is 8.94 Å². The van der Waals surface area contributed by atoms with Gasteiger partial charge in [-0.25, -0.2) is 13.1 Å². The molecule has 1 N–H and O–H groups in total. The fraction of sp³-hybridized carbons (Fsp3) is 0.267. The number of nitrogens with zero attached hydrogens (tertiary/aromatic N) is 1. The van der Waals surface area contributed by atoms with Crippen LogP contribution in [0.5, 0.6) is 0 Å². The van der Waals surface area contributed by atoms with Crippen molar-refractivity contribution in [3.63, 3.8) is 0 Å². The maximum atomic E-state index is 12.5. The molecule has 3 aromatic rings. The van der Waals surface area contributed by atoms with Crippen molar-refractivity contribution in [3.05, 3.63) is 47.5 Å². The highest BCUT2D eigenvalue weighted by Gasteiger charge is 2.27. The molecule has 0 amide bonds. The van der Waals surface area contributed by atoms with Crippen LogP contribution in [-0.2, 0) is 10.0 Å². The number of para-hydroxylation sites is 1. The predicted molar refractivity (Wildman–Crippen MR) is 80.9 cm³/mol. The number of hydrogen-bond donors (Lipinski definition) is 1. The highest BCUT2D eigenvalue weighted by molar-refractivity contribution is 7.89. The molecular formula is C15H16N2O4S. The van der Waals surface area contributed by atoms with Gasteiger partial charge in [-0.05, 0) is 32.9 Å². The van der Waals surface area contributed by atoms with Gasteiger partial charge in [0.2, 0.25) is 10.0 Å². The van der Waals surface area contributed by atoms with E-state index >= 15 is 0 Å². The molecule has 7 heteroatoms. The molecule has 0 aliphatic rings. The van der Waals surface area contributed by atoms with E-state index in [0.717, 1.165) is 11.0 Å². The molecule has 0 bridgehead atoms. The van der Waals surface area contributed by atoms with E-state index in [1.165, 1.54) is 0 Å². The van der Waals surface area contributed by atoms with E-state index in [-0.39, 0.29) is 10.7 Å². The van der Waals surface area contributed by atoms with Crippen molar-refractivity contribution in [1.29, 1.82) is 0 Å². The smallest absolute Gasteiger partial charge is 0.246 e. The van der Waals surface area contributed by atoms with Crippen LogP contribution in [0.4, 0.5) is 0 Å². The van der Waals surface area contributed by atoms with Crippen molar-refractivity contribution >= 4 is 21.0 Å². The molecule has 0 fully saturated rings. The first-order chi connectivity index (χ1) is 10.4. The number of aryl methyl sites for hydroxylation is 2. The number of rotatable bonds is 4. The minimum atomic E-state index is -3.73. The van der Waals surface area contributed by atoms with E-state index in [0.29, 0.717) is 11.5 Å². The highest BCUT2D eigenvalue weighted by atomic mass is 32.2. The molecule has 2 heterocycles. The van der Waals surface area contributed by atoms with E-state index in [1.54, 1.807) is 20.8 Å². The Morgan fingerprint density at radius 1 is 1.23 bits per heavy atom. The normalized spacial score (nSPS) is 13.6. The van der Waals surface area contributed by atoms with Gasteiger partial charge < -0.3 is 8.94 Å². The van der Waals surface area contributed by atoms with Gasteiger partial charge in [0, 0.05) is 5.39 Å². The summed E-state index contributed by atoms with van der Waals surface area (Å²) in [7, 11) is -3.73. The highest BCUT2D eigenvalue weighted by Crippen LogP contribution is 2.26. The number of sulfonamides is 1. The quantitative estimate of drug-likeness (QED) is 0.798. The van der Waals surface area contributed by atoms with Gasteiger partial charge in [-0.2, -0.15) is 0 Å². The molecule has 3 rings (SSSR count). The molecule has 0 radical (unpaired) electrons. The maximum Gasteiger partial charge on any atom is 0.246 e. The number of furan rings is 1. The van der Waals surface area contributed by atoms with Gasteiger partial charge in [0.1, 0.15) is 21.9 Å². The zero-order valence-corrected chi connectivity index (χ0v) is 13.3. The van der Waals surface area contributed by atoms with Crippen molar-refractivity contribution in [3.8, 4) is 0 Å². The lowest BCUT2D eigenvalue weighted by Gasteiger charge is -2.11. The minimum absolute atomic E-state index is 0.0791. The van der Waals surface area contributed by atoms with Gasteiger partial charge in [-0.3, -0.25) is 0 Å². The molecule has 22 heavy (non-hydrogen) atoms. The molecule has 0 unspecified atom stereocenters. The largest absolute Gasteiger partial charge is 0.459 e. The Kier molecular flexibility index (Phi) is 3.54. The van der Waals surface area contributed by atoms with E-state index < -0.39 is 16.1 Å². The number of nitrogens with one attached hydrogen (secondary N) is 1. The molecule has 0 aliphatic carbocycles. The van der Waals surface area contributed by atoms with Crippen LogP contribution in [-0.4, -0.2) is 13.6 Å². The summed E-state index contributed by atoms with van der Waals surface area (Å²) in [6.07, 6.45) is 0. The van der Waals surface area contributed by atoms with Crippen molar-refractivity contribution in [2.45, 2.75) is 31.7 Å². The number of hydrogen-bond acceptors (Lipinski definition) is 5. The third-order valence-corrected chi connectivity index (χ3v) is 5.22. The lowest BCUT2D eigenvalue weighted by Crippen LogP contribution is -2.27. The molecule has 0 aliphatic heterocycles. The van der Waals surface area contributed by atoms with Crippen LogP contribution >= 0.6 is 0 Å². The number of aromatic nitrogens is 1. The SMILES string of the molecule is Cc1noc(C)c1S(=O)(=O)N[C@H](C)c1cc2ccccc2o1. The van der Waals surface area contributed by atoms with Crippen LogP contribution in [0.1, 0.15) is 30.2 Å². The topological polar surface area (TPSA) is 85.3 Å². The Labute approximate surface area is 128 Å². The summed E-state index contributed by atoms with van der Waals surface area (Å²) in [4.78, 5) is 0.0791. The minimum Gasteiger partial charge on any atom is -0.459 e. The number of fused-ring (bicyclic) bond motifs is 1. The summed E-state index contributed by atoms with van der Waals surface area (Å²) in [5.74, 6) is 0.818. The second kappa shape index (κ2) is 5.26. The molecule has 1 aromatic carbocycles. The second-order valence-corrected chi connectivity index (χ2v) is 6.83. The Balaban J connectivity index is 1.91. The van der Waals surface area contributed by atoms with Crippen molar-refractivity contribution < 1.29 is 17.4 Å². The summed E-state index contributed by atoms with van der Waals surface area (Å²) in [6, 6.07) is 8.85. The molecule has 0 saturated heterocycles. The summed E-state index contributed by atoms with van der Waals surface area (Å²) in [5.41, 5.74) is 1.06. The second-order valence-electron chi connectivity index (χ2n) is 5.18. The fourth-order valence-electron chi connectivity index (χ4n) is 2.42. The van der Waals surface area contributed by atoms with Gasteiger partial charge in [0.25, 0.3) is 0 Å². The van der Waals surface area contributed by atoms with E-state index in [1.807, 2.05) is 30.3 Å². The van der Waals surface area contributed by atoms with Crippen molar-refractivity contribution in [1.82, 2.24) is 9.88 Å². The van der Waals surface area contributed by atoms with Gasteiger partial charge in [0.15, 0.2) is 5.76 Å². The molecule has 6 nitrogen and oxygen atoms in total. The summed E-state index contributed by atoms with van der Waals surface area (Å²) in [5, 5.41) is 4.61. The first kappa shape index (κ1) is 14.8. The Morgan fingerprint density at radius 2 is 1.95 bits per heavy atom. The van der Waals surface area contributed by atoms with Crippen LogP contribution in [0, 0.1) is 13.8 Å². The zero-order chi connectivity index (χ0) is 15.9. The van der Waals surface area contributed by atoms with Crippen molar-refractivity contribution in [2.75, 3.05) is 0 Å². The number of benzene rings is 1. The van der Waals surface area contributed by atoms with E-state index in [2.05, 4.69) is 9.88 Å². The molecule has 1 atom stereocenters. The lowest BCUT2D eigenvalue weighted by molar-refractivity contribution is 0.390. The molecular weight excluding hydrogens is 304 g/mol. The molecule has 2 aromatic heterocycles. The monoisotopic (exact) mass is 320 g/mol. The summed E-state index contributed by atoms with van der Waals surface area (Å²) in [6.45, 7) is 4.89. The third-order valence-electron chi connectivity index (χ3n) is 3.44. The predicted octanol–water partition coefficient (Wildman–Crippen LogP) is 3.08. The summed E-state index contributed by atoms with van der Waals surface area (Å²) >= 11 is 0. The van der Waals surface area contributed by atoms with Gasteiger partial charge in [-0.1, -0.05) is 23.4 Å². The van der Waals surface area contributed by atoms with Crippen LogP contribution in [0.2, 0.25) is 0 Å². The standard InChI is InChI=1S/C15H16N2O4S/c1-9(14-8-12-6-4-5-7-13(12)20-14)17-22(18,19)15-10(2)16-21-11(15)3/h4-9,17H,1-3H3/t9-/m1/s1. The van der Waals surface area contributed by atoms with E-state index in [9.17, 15) is 8.42 Å². The van der Waals surface area contributed by atoms with Crippen LogP contribution in [0.15, 0.2) is 44.2 Å². The average molecular weight is 320 g/mol. The molecule has 116 valence electrons. The first-order valence-corrected chi connectivity index (χ1v) is 8.30. The van der Waals surface area contributed by atoms with Gasteiger partial charge in [-0.15, -0.1) is 0 Å². The van der Waals surface area contributed by atoms with Crippen LogP contribution in [0.25, 0.3) is 11.0 Å². The Bertz CT molecular complexity index is 872. The lowest BCUT2D eigenvalue weighted by atomic mass is 10.2.